The van der Waals surface area contributed by atoms with E-state index < -0.39 is 5.92 Å². The van der Waals surface area contributed by atoms with Gasteiger partial charge in [0.25, 0.3) is 0 Å². The molecule has 0 saturated heterocycles. The van der Waals surface area contributed by atoms with Crippen LogP contribution in [0.1, 0.15) is 43.9 Å². The van der Waals surface area contributed by atoms with Crippen LogP contribution in [-0.4, -0.2) is 32.8 Å². The number of benzene rings is 1. The highest BCUT2D eigenvalue weighted by Crippen LogP contribution is 2.50. The van der Waals surface area contributed by atoms with Crippen LogP contribution in [0.25, 0.3) is 0 Å². The molecule has 10 nitrogen and oxygen atoms in total. The highest BCUT2D eigenvalue weighted by atomic mass is 79.9. The zero-order valence-corrected chi connectivity index (χ0v) is 24.5. The van der Waals surface area contributed by atoms with E-state index >= 15 is 0 Å². The van der Waals surface area contributed by atoms with E-state index in [0.717, 1.165) is 15.7 Å². The Morgan fingerprint density at radius 3 is 2.74 bits per heavy atom. The quantitative estimate of drug-likeness (QED) is 0.347. The van der Waals surface area contributed by atoms with Gasteiger partial charge in [-0.05, 0) is 36.5 Å². The summed E-state index contributed by atoms with van der Waals surface area (Å²) < 4.78 is 6.41. The molecule has 0 fully saturated rings. The lowest BCUT2D eigenvalue weighted by atomic mass is 9.69. The SMILES string of the molecule is Cc1cc(NC(=O)CSc2nnc(N3C(N)=C(C#N)C(c4ccc(Br)cc4)C4=C3CC(C)(C)CC4=O)s2)no1. The third kappa shape index (κ3) is 5.50. The van der Waals surface area contributed by atoms with Gasteiger partial charge < -0.3 is 15.6 Å². The fraction of sp³-hybridized carbons (Fsp3) is 0.308. The molecule has 3 aromatic rings. The van der Waals surface area contributed by atoms with E-state index in [4.69, 9.17) is 10.3 Å². The van der Waals surface area contributed by atoms with Gasteiger partial charge in [-0.25, -0.2) is 0 Å². The molecule has 1 unspecified atom stereocenters. The van der Waals surface area contributed by atoms with E-state index in [9.17, 15) is 14.9 Å². The van der Waals surface area contributed by atoms with E-state index in [0.29, 0.717) is 39.5 Å². The van der Waals surface area contributed by atoms with Gasteiger partial charge >= 0.3 is 0 Å². The molecule has 39 heavy (non-hydrogen) atoms. The van der Waals surface area contributed by atoms with Gasteiger partial charge in [-0.2, -0.15) is 5.26 Å². The summed E-state index contributed by atoms with van der Waals surface area (Å²) in [5.74, 6) is 0.395. The molecule has 0 radical (unpaired) electrons. The number of aromatic nitrogens is 3. The molecule has 2 aliphatic rings. The van der Waals surface area contributed by atoms with Crippen molar-refractivity contribution in [3.05, 3.63) is 68.8 Å². The number of anilines is 2. The molecule has 3 N–H and O–H groups in total. The van der Waals surface area contributed by atoms with E-state index in [-0.39, 0.29) is 34.3 Å². The summed E-state index contributed by atoms with van der Waals surface area (Å²) in [6, 6.07) is 11.5. The van der Waals surface area contributed by atoms with Crippen LogP contribution in [0, 0.1) is 23.7 Å². The topological polar surface area (TPSA) is 151 Å². The second-order valence-electron chi connectivity index (χ2n) is 10.0. The van der Waals surface area contributed by atoms with Crippen molar-refractivity contribution in [3.63, 3.8) is 0 Å². The van der Waals surface area contributed by atoms with Crippen molar-refractivity contribution in [2.45, 2.75) is 43.9 Å². The van der Waals surface area contributed by atoms with Crippen molar-refractivity contribution >= 4 is 61.7 Å². The number of hydrogen-bond acceptors (Lipinski definition) is 11. The third-order valence-electron chi connectivity index (χ3n) is 6.39. The Balaban J connectivity index is 1.48. The number of amides is 1. The smallest absolute Gasteiger partial charge is 0.236 e. The van der Waals surface area contributed by atoms with Gasteiger partial charge in [0.15, 0.2) is 15.9 Å². The van der Waals surface area contributed by atoms with Gasteiger partial charge in [0.1, 0.15) is 11.6 Å². The lowest BCUT2D eigenvalue weighted by Crippen LogP contribution is -2.42. The number of carbonyl (C=O) groups is 2. The first-order valence-corrected chi connectivity index (χ1v) is 14.6. The van der Waals surface area contributed by atoms with Crippen molar-refractivity contribution in [3.8, 4) is 6.07 Å². The predicted molar refractivity (Wildman–Crippen MR) is 152 cm³/mol. The Kier molecular flexibility index (Phi) is 7.37. The Morgan fingerprint density at radius 2 is 2.08 bits per heavy atom. The fourth-order valence-electron chi connectivity index (χ4n) is 4.80. The molecule has 200 valence electrons. The minimum absolute atomic E-state index is 0.0155. The van der Waals surface area contributed by atoms with Gasteiger partial charge in [-0.3, -0.25) is 14.5 Å². The van der Waals surface area contributed by atoms with Gasteiger partial charge in [0, 0.05) is 28.2 Å². The van der Waals surface area contributed by atoms with Crippen LogP contribution in [0.2, 0.25) is 0 Å². The van der Waals surface area contributed by atoms with Gasteiger partial charge in [0.05, 0.1) is 23.3 Å². The zero-order valence-electron chi connectivity index (χ0n) is 21.3. The molecule has 2 aromatic heterocycles. The van der Waals surface area contributed by atoms with E-state index in [1.807, 2.05) is 38.1 Å². The number of hydrogen-bond donors (Lipinski definition) is 2. The number of thioether (sulfide) groups is 1. The number of aryl methyl sites for hydroxylation is 1. The standard InChI is InChI=1S/C26H24BrN7O3S2/c1-13-8-19(33-37-13)30-20(36)12-38-25-32-31-24(39-25)34-17-9-26(2,3)10-18(35)22(17)21(16(11-28)23(34)29)14-4-6-15(27)7-5-14/h4-8,21H,9-10,12,29H2,1-3H3,(H,30,33,36). The first-order chi connectivity index (χ1) is 18.6. The van der Waals surface area contributed by atoms with Crippen LogP contribution in [0.15, 0.2) is 66.3 Å². The highest BCUT2D eigenvalue weighted by molar-refractivity contribution is 9.10. The largest absolute Gasteiger partial charge is 0.384 e. The zero-order chi connectivity index (χ0) is 27.9. The number of halogens is 1. The summed E-state index contributed by atoms with van der Waals surface area (Å²) in [7, 11) is 0. The van der Waals surface area contributed by atoms with Gasteiger partial charge in [0.2, 0.25) is 11.0 Å². The van der Waals surface area contributed by atoms with E-state index in [1.165, 1.54) is 23.1 Å². The second-order valence-corrected chi connectivity index (χ2v) is 13.1. The van der Waals surface area contributed by atoms with Crippen molar-refractivity contribution < 1.29 is 14.1 Å². The first-order valence-electron chi connectivity index (χ1n) is 12.0. The van der Waals surface area contributed by atoms with E-state index in [1.54, 1.807) is 17.9 Å². The number of Topliss-reactive ketones (excluding diaryl/α,β-unsaturated/α-hetero) is 1. The Labute approximate surface area is 241 Å². The van der Waals surface area contributed by atoms with Crippen molar-refractivity contribution in [1.29, 1.82) is 5.26 Å². The summed E-state index contributed by atoms with van der Waals surface area (Å²) in [5, 5.41) is 25.7. The lowest BCUT2D eigenvalue weighted by molar-refractivity contribution is -0.118. The first kappa shape index (κ1) is 27.1. The summed E-state index contributed by atoms with van der Waals surface area (Å²) in [5.41, 5.74) is 8.76. The number of carbonyl (C=O) groups excluding carboxylic acids is 2. The molecule has 0 saturated carbocycles. The van der Waals surface area contributed by atoms with Crippen LogP contribution in [0.5, 0.6) is 0 Å². The van der Waals surface area contributed by atoms with Crippen molar-refractivity contribution in [1.82, 2.24) is 15.4 Å². The van der Waals surface area contributed by atoms with Crippen LogP contribution < -0.4 is 16.0 Å². The molecular weight excluding hydrogens is 602 g/mol. The van der Waals surface area contributed by atoms with E-state index in [2.05, 4.69) is 42.7 Å². The molecule has 1 aromatic carbocycles. The van der Waals surface area contributed by atoms with Crippen molar-refractivity contribution in [2.75, 3.05) is 16.0 Å². The van der Waals surface area contributed by atoms with Crippen molar-refractivity contribution in [2.24, 2.45) is 11.1 Å². The van der Waals surface area contributed by atoms with Crippen LogP contribution >= 0.6 is 39.0 Å². The average Bonchev–Trinajstić information content (AvgIpc) is 3.50. The maximum Gasteiger partial charge on any atom is 0.236 e. The number of allylic oxidation sites excluding steroid dienone is 3. The Morgan fingerprint density at radius 1 is 1.33 bits per heavy atom. The summed E-state index contributed by atoms with van der Waals surface area (Å²) >= 11 is 5.91. The summed E-state index contributed by atoms with van der Waals surface area (Å²) in [4.78, 5) is 27.7. The van der Waals surface area contributed by atoms with Crippen LogP contribution in [0.4, 0.5) is 10.9 Å². The number of ketones is 1. The van der Waals surface area contributed by atoms with Crippen LogP contribution in [0.3, 0.4) is 0 Å². The maximum absolute atomic E-state index is 13.6. The number of nitriles is 1. The monoisotopic (exact) mass is 625 g/mol. The molecular formula is C26H24BrN7O3S2. The molecule has 0 spiro atoms. The molecule has 1 aliphatic carbocycles. The van der Waals surface area contributed by atoms with Crippen LogP contribution in [-0.2, 0) is 9.59 Å². The molecule has 1 amide bonds. The van der Waals surface area contributed by atoms with Gasteiger partial charge in [-0.15, -0.1) is 10.2 Å². The Bertz CT molecular complexity index is 1570. The Hall–Kier alpha value is -3.47. The number of rotatable bonds is 6. The number of nitrogens with zero attached hydrogens (tertiary/aromatic N) is 5. The predicted octanol–water partition coefficient (Wildman–Crippen LogP) is 5.27. The lowest BCUT2D eigenvalue weighted by Gasteiger charge is -2.42. The average molecular weight is 627 g/mol. The highest BCUT2D eigenvalue weighted by Gasteiger charge is 2.45. The molecule has 13 heteroatoms. The minimum Gasteiger partial charge on any atom is -0.384 e. The molecule has 1 aliphatic heterocycles. The molecule has 0 bridgehead atoms. The molecule has 5 rings (SSSR count). The molecule has 3 heterocycles. The number of nitrogens with two attached hydrogens (primary N) is 1. The third-order valence-corrected chi connectivity index (χ3v) is 8.96. The minimum atomic E-state index is -0.566. The fourth-order valence-corrected chi connectivity index (χ4v) is 6.74. The second kappa shape index (κ2) is 10.6. The molecule has 1 atom stereocenters. The maximum atomic E-state index is 13.6. The number of nitrogens with one attached hydrogen (secondary N) is 1. The summed E-state index contributed by atoms with van der Waals surface area (Å²) in [6.45, 7) is 5.82. The summed E-state index contributed by atoms with van der Waals surface area (Å²) in [6.07, 6.45) is 0.935. The normalized spacial score (nSPS) is 18.7. The van der Waals surface area contributed by atoms with Gasteiger partial charge in [-0.1, -0.05) is 70.2 Å².